The monoisotopic (exact) mass is 228 g/mol. The molecular formula is C12H11F3O. The summed E-state index contributed by atoms with van der Waals surface area (Å²) in [6.07, 6.45) is -1.02. The lowest BCUT2D eigenvalue weighted by Crippen LogP contribution is -2.35. The summed E-state index contributed by atoms with van der Waals surface area (Å²) in [5.41, 5.74) is -0.497. The van der Waals surface area contributed by atoms with E-state index in [9.17, 15) is 18.0 Å². The molecule has 0 amide bonds. The Kier molecular flexibility index (Phi) is 2.52. The predicted molar refractivity (Wildman–Crippen MR) is 53.0 cm³/mol. The molecule has 1 nitrogen and oxygen atoms in total. The van der Waals surface area contributed by atoms with Crippen molar-refractivity contribution < 1.29 is 18.0 Å². The second kappa shape index (κ2) is 3.61. The number of alkyl halides is 3. The van der Waals surface area contributed by atoms with Crippen molar-refractivity contribution in [2.75, 3.05) is 0 Å². The number of hydrogen-bond acceptors (Lipinski definition) is 1. The zero-order valence-electron chi connectivity index (χ0n) is 8.55. The van der Waals surface area contributed by atoms with Crippen molar-refractivity contribution in [3.05, 3.63) is 35.4 Å². The number of benzene rings is 1. The van der Waals surface area contributed by atoms with Crippen LogP contribution in [0, 0.1) is 0 Å². The first-order valence-corrected chi connectivity index (χ1v) is 5.12. The minimum atomic E-state index is -4.31. The first-order chi connectivity index (χ1) is 7.48. The molecule has 4 heteroatoms. The highest BCUT2D eigenvalue weighted by molar-refractivity contribution is 5.70. The first-order valence-electron chi connectivity index (χ1n) is 5.12. The van der Waals surface area contributed by atoms with E-state index in [0.29, 0.717) is 5.56 Å². The molecule has 0 aromatic heterocycles. The summed E-state index contributed by atoms with van der Waals surface area (Å²) in [5, 5.41) is 0. The molecule has 0 bridgehead atoms. The van der Waals surface area contributed by atoms with Crippen molar-refractivity contribution >= 4 is 6.29 Å². The lowest BCUT2D eigenvalue weighted by Gasteiger charge is -2.37. The van der Waals surface area contributed by atoms with Crippen LogP contribution in [-0.2, 0) is 16.4 Å². The Bertz CT molecular complexity index is 388. The summed E-state index contributed by atoms with van der Waals surface area (Å²) in [6.45, 7) is 0. The van der Waals surface area contributed by atoms with E-state index >= 15 is 0 Å². The molecule has 0 aliphatic heterocycles. The van der Waals surface area contributed by atoms with Gasteiger partial charge in [-0.1, -0.05) is 18.6 Å². The smallest absolute Gasteiger partial charge is 0.302 e. The Balaban J connectivity index is 2.29. The van der Waals surface area contributed by atoms with Crippen LogP contribution in [0.25, 0.3) is 0 Å². The Morgan fingerprint density at radius 2 is 1.69 bits per heavy atom. The van der Waals surface area contributed by atoms with E-state index in [4.69, 9.17) is 0 Å². The zero-order valence-corrected chi connectivity index (χ0v) is 8.55. The lowest BCUT2D eigenvalue weighted by molar-refractivity contribution is -0.137. The van der Waals surface area contributed by atoms with Gasteiger partial charge in [-0.05, 0) is 30.5 Å². The Morgan fingerprint density at radius 3 is 2.00 bits per heavy atom. The van der Waals surface area contributed by atoms with Crippen LogP contribution in [0.2, 0.25) is 0 Å². The van der Waals surface area contributed by atoms with Crippen molar-refractivity contribution in [3.63, 3.8) is 0 Å². The number of rotatable bonds is 2. The summed E-state index contributed by atoms with van der Waals surface area (Å²) in [6, 6.07) is 4.91. The van der Waals surface area contributed by atoms with Crippen molar-refractivity contribution in [2.24, 2.45) is 0 Å². The summed E-state index contributed by atoms with van der Waals surface area (Å²) >= 11 is 0. The van der Waals surface area contributed by atoms with Crippen LogP contribution in [0.3, 0.4) is 0 Å². The van der Waals surface area contributed by atoms with Crippen LogP contribution in [0.15, 0.2) is 24.3 Å². The molecule has 2 rings (SSSR count). The van der Waals surface area contributed by atoms with Gasteiger partial charge in [-0.15, -0.1) is 0 Å². The minimum absolute atomic E-state index is 0.524. The van der Waals surface area contributed by atoms with Crippen molar-refractivity contribution in [1.82, 2.24) is 0 Å². The van der Waals surface area contributed by atoms with Gasteiger partial charge >= 0.3 is 6.18 Å². The van der Waals surface area contributed by atoms with E-state index in [1.165, 1.54) is 12.1 Å². The van der Waals surface area contributed by atoms with Gasteiger partial charge in [0.2, 0.25) is 0 Å². The Hall–Kier alpha value is -1.32. The summed E-state index contributed by atoms with van der Waals surface area (Å²) in [5.74, 6) is 0. The summed E-state index contributed by atoms with van der Waals surface area (Å²) in [4.78, 5) is 11.0. The topological polar surface area (TPSA) is 17.1 Å². The molecule has 16 heavy (non-hydrogen) atoms. The zero-order chi connectivity index (χ0) is 11.8. The molecule has 1 aliphatic rings. The van der Waals surface area contributed by atoms with E-state index in [2.05, 4.69) is 0 Å². The molecule has 1 aromatic rings. The highest BCUT2D eigenvalue weighted by atomic mass is 19.4. The fraction of sp³-hybridized carbons (Fsp3) is 0.417. The van der Waals surface area contributed by atoms with Crippen LogP contribution in [0.5, 0.6) is 0 Å². The number of hydrogen-bond donors (Lipinski definition) is 0. The molecule has 1 aromatic carbocycles. The maximum absolute atomic E-state index is 12.3. The van der Waals surface area contributed by atoms with Gasteiger partial charge in [0.25, 0.3) is 0 Å². The van der Waals surface area contributed by atoms with Crippen molar-refractivity contribution in [1.29, 1.82) is 0 Å². The number of carbonyl (C=O) groups is 1. The Labute approximate surface area is 91.3 Å². The number of halogens is 3. The van der Waals surface area contributed by atoms with Gasteiger partial charge in [0.05, 0.1) is 11.0 Å². The molecule has 86 valence electrons. The lowest BCUT2D eigenvalue weighted by atomic mass is 9.65. The van der Waals surface area contributed by atoms with E-state index in [0.717, 1.165) is 37.7 Å². The van der Waals surface area contributed by atoms with E-state index < -0.39 is 17.2 Å². The largest absolute Gasteiger partial charge is 0.416 e. The second-order valence-electron chi connectivity index (χ2n) is 4.20. The average Bonchev–Trinajstić information content (AvgIpc) is 2.16. The maximum Gasteiger partial charge on any atom is 0.416 e. The van der Waals surface area contributed by atoms with Gasteiger partial charge < -0.3 is 4.79 Å². The fourth-order valence-corrected chi connectivity index (χ4v) is 2.02. The van der Waals surface area contributed by atoms with Gasteiger partial charge in [0.1, 0.15) is 6.29 Å². The van der Waals surface area contributed by atoms with Gasteiger partial charge in [0.15, 0.2) is 0 Å². The van der Waals surface area contributed by atoms with Crippen LogP contribution < -0.4 is 0 Å². The van der Waals surface area contributed by atoms with E-state index in [1.807, 2.05) is 0 Å². The number of carbonyl (C=O) groups excluding carboxylic acids is 1. The quantitative estimate of drug-likeness (QED) is 0.709. The second-order valence-corrected chi connectivity index (χ2v) is 4.20. The van der Waals surface area contributed by atoms with Crippen molar-refractivity contribution in [3.8, 4) is 0 Å². The molecule has 0 N–H and O–H groups in total. The van der Waals surface area contributed by atoms with Crippen LogP contribution >= 0.6 is 0 Å². The predicted octanol–water partition coefficient (Wildman–Crippen LogP) is 3.33. The fourth-order valence-electron chi connectivity index (χ4n) is 2.02. The molecule has 1 saturated carbocycles. The minimum Gasteiger partial charge on any atom is -0.302 e. The molecule has 0 spiro atoms. The van der Waals surface area contributed by atoms with Gasteiger partial charge in [-0.25, -0.2) is 0 Å². The van der Waals surface area contributed by atoms with Crippen molar-refractivity contribution in [2.45, 2.75) is 30.9 Å². The summed E-state index contributed by atoms with van der Waals surface area (Å²) < 4.78 is 37.0. The molecule has 0 atom stereocenters. The van der Waals surface area contributed by atoms with Gasteiger partial charge in [-0.2, -0.15) is 13.2 Å². The summed E-state index contributed by atoms with van der Waals surface area (Å²) in [7, 11) is 0. The molecule has 0 unspecified atom stereocenters. The van der Waals surface area contributed by atoms with Gasteiger partial charge in [-0.3, -0.25) is 0 Å². The van der Waals surface area contributed by atoms with Crippen LogP contribution in [0.1, 0.15) is 30.4 Å². The van der Waals surface area contributed by atoms with Crippen LogP contribution in [0.4, 0.5) is 13.2 Å². The maximum atomic E-state index is 12.3. The molecule has 0 radical (unpaired) electrons. The van der Waals surface area contributed by atoms with Crippen LogP contribution in [-0.4, -0.2) is 6.29 Å². The highest BCUT2D eigenvalue weighted by Crippen LogP contribution is 2.42. The third-order valence-corrected chi connectivity index (χ3v) is 3.26. The molecule has 1 aliphatic carbocycles. The molecular weight excluding hydrogens is 217 g/mol. The Morgan fingerprint density at radius 1 is 1.12 bits per heavy atom. The third-order valence-electron chi connectivity index (χ3n) is 3.26. The molecule has 0 saturated heterocycles. The SMILES string of the molecule is O=CC1(c2ccc(C(F)(F)F)cc2)CCC1. The molecule has 1 fully saturated rings. The number of aldehydes is 1. The van der Waals surface area contributed by atoms with E-state index in [1.54, 1.807) is 0 Å². The standard InChI is InChI=1S/C12H11F3O/c13-12(14,15)10-4-2-9(3-5-10)11(8-16)6-1-7-11/h2-5,8H,1,6-7H2. The average molecular weight is 228 g/mol. The third kappa shape index (κ3) is 1.72. The first kappa shape index (κ1) is 11.2. The normalized spacial score (nSPS) is 18.9. The van der Waals surface area contributed by atoms with E-state index in [-0.39, 0.29) is 0 Å². The highest BCUT2D eigenvalue weighted by Gasteiger charge is 2.39. The molecule has 0 heterocycles. The van der Waals surface area contributed by atoms with Gasteiger partial charge in [0, 0.05) is 0 Å².